The molecule has 2 saturated heterocycles. The van der Waals surface area contributed by atoms with Gasteiger partial charge in [0.05, 0.1) is 18.8 Å². The molecule has 0 bridgehead atoms. The molecular weight excluding hydrogens is 522 g/mol. The second-order valence-corrected chi connectivity index (χ2v) is 11.4. The number of nitrogens with two attached hydrogens (primary N) is 1. The Kier molecular flexibility index (Phi) is 9.41. The standard InChI is InChI=1S/C36H41N3O3/c37-23-32-8-4-5-9-34(32)29-14-16-31(17-15-29)36-41-33(22-35(42-36)30-12-10-28(26-40)11-13-30)25-39-20-18-38(19-21-39)24-27-6-2-1-3-7-27/h1-17,33,35-36,40H,18-26,37H2. The predicted octanol–water partition coefficient (Wildman–Crippen LogP) is 5.67. The minimum Gasteiger partial charge on any atom is -0.392 e. The van der Waals surface area contributed by atoms with Crippen LogP contribution in [0.25, 0.3) is 11.1 Å². The first kappa shape index (κ1) is 28.7. The molecule has 0 aromatic heterocycles. The van der Waals surface area contributed by atoms with E-state index in [1.165, 1.54) is 5.56 Å². The fourth-order valence-electron chi connectivity index (χ4n) is 6.09. The van der Waals surface area contributed by atoms with Crippen molar-refractivity contribution in [2.45, 2.75) is 44.6 Å². The van der Waals surface area contributed by atoms with Crippen LogP contribution in [-0.2, 0) is 29.2 Å². The number of piperazine rings is 1. The zero-order valence-corrected chi connectivity index (χ0v) is 24.1. The maximum absolute atomic E-state index is 9.53. The molecule has 3 N–H and O–H groups in total. The van der Waals surface area contributed by atoms with E-state index in [1.807, 2.05) is 18.2 Å². The van der Waals surface area contributed by atoms with Crippen LogP contribution in [0.15, 0.2) is 103 Å². The number of nitrogens with zero attached hydrogens (tertiary/aromatic N) is 2. The minimum absolute atomic E-state index is 0.0377. The molecule has 0 aliphatic carbocycles. The molecule has 0 amide bonds. The summed E-state index contributed by atoms with van der Waals surface area (Å²) in [5.74, 6) is 0. The summed E-state index contributed by atoms with van der Waals surface area (Å²) in [5, 5.41) is 9.53. The lowest BCUT2D eigenvalue weighted by atomic mass is 9.97. The van der Waals surface area contributed by atoms with E-state index in [2.05, 4.69) is 94.7 Å². The molecule has 2 fully saturated rings. The second kappa shape index (κ2) is 13.7. The fraction of sp³-hybridized carbons (Fsp3) is 0.333. The van der Waals surface area contributed by atoms with Crippen LogP contribution >= 0.6 is 0 Å². The van der Waals surface area contributed by atoms with Gasteiger partial charge in [-0.05, 0) is 33.4 Å². The van der Waals surface area contributed by atoms with Crippen molar-refractivity contribution in [3.05, 3.63) is 131 Å². The molecule has 3 unspecified atom stereocenters. The molecule has 4 aromatic rings. The zero-order valence-electron chi connectivity index (χ0n) is 24.1. The molecule has 0 radical (unpaired) electrons. The molecule has 3 atom stereocenters. The molecule has 218 valence electrons. The van der Waals surface area contributed by atoms with Crippen molar-refractivity contribution in [1.82, 2.24) is 9.80 Å². The summed E-state index contributed by atoms with van der Waals surface area (Å²) in [5.41, 5.74) is 13.8. The summed E-state index contributed by atoms with van der Waals surface area (Å²) in [6.07, 6.45) is 0.300. The summed E-state index contributed by atoms with van der Waals surface area (Å²) in [4.78, 5) is 5.07. The van der Waals surface area contributed by atoms with Crippen LogP contribution in [0.1, 0.15) is 46.6 Å². The van der Waals surface area contributed by atoms with Crippen LogP contribution in [0, 0.1) is 0 Å². The monoisotopic (exact) mass is 563 g/mol. The topological polar surface area (TPSA) is 71.2 Å². The summed E-state index contributed by atoms with van der Waals surface area (Å²) in [7, 11) is 0. The van der Waals surface area contributed by atoms with Crippen LogP contribution in [-0.4, -0.2) is 53.7 Å². The van der Waals surface area contributed by atoms with Gasteiger partial charge in [-0.3, -0.25) is 9.80 Å². The van der Waals surface area contributed by atoms with Gasteiger partial charge in [-0.25, -0.2) is 0 Å². The Balaban J connectivity index is 1.15. The minimum atomic E-state index is -0.454. The van der Waals surface area contributed by atoms with E-state index in [9.17, 15) is 5.11 Å². The van der Waals surface area contributed by atoms with Crippen molar-refractivity contribution in [1.29, 1.82) is 0 Å². The van der Waals surface area contributed by atoms with Gasteiger partial charge in [0, 0.05) is 57.8 Å². The molecule has 0 saturated carbocycles. The Labute approximate surface area is 249 Å². The molecule has 2 aliphatic heterocycles. The normalized spacial score (nSPS) is 21.8. The first-order chi connectivity index (χ1) is 20.7. The van der Waals surface area contributed by atoms with Gasteiger partial charge in [0.2, 0.25) is 0 Å². The smallest absolute Gasteiger partial charge is 0.184 e. The fourth-order valence-corrected chi connectivity index (χ4v) is 6.09. The van der Waals surface area contributed by atoms with Crippen LogP contribution < -0.4 is 5.73 Å². The molecule has 42 heavy (non-hydrogen) atoms. The zero-order chi connectivity index (χ0) is 28.7. The molecular formula is C36H41N3O3. The van der Waals surface area contributed by atoms with E-state index in [1.54, 1.807) is 0 Å². The van der Waals surface area contributed by atoms with Crippen LogP contribution in [0.5, 0.6) is 0 Å². The van der Waals surface area contributed by atoms with Crippen molar-refractivity contribution in [2.24, 2.45) is 5.73 Å². The van der Waals surface area contributed by atoms with Gasteiger partial charge in [0.1, 0.15) is 0 Å². The summed E-state index contributed by atoms with van der Waals surface area (Å²) < 4.78 is 13.2. The molecule has 6 nitrogen and oxygen atoms in total. The molecule has 4 aromatic carbocycles. The largest absolute Gasteiger partial charge is 0.392 e. The van der Waals surface area contributed by atoms with Crippen molar-refractivity contribution in [3.8, 4) is 11.1 Å². The van der Waals surface area contributed by atoms with Gasteiger partial charge in [-0.15, -0.1) is 0 Å². The lowest BCUT2D eigenvalue weighted by molar-refractivity contribution is -0.253. The Morgan fingerprint density at radius 2 is 1.36 bits per heavy atom. The van der Waals surface area contributed by atoms with Crippen LogP contribution in [0.2, 0.25) is 0 Å². The SMILES string of the molecule is NCc1ccccc1-c1ccc(C2OC(CN3CCN(Cc4ccccc4)CC3)CC(c3ccc(CO)cc3)O2)cc1. The van der Waals surface area contributed by atoms with E-state index in [0.717, 1.165) is 79.1 Å². The highest BCUT2D eigenvalue weighted by Gasteiger charge is 2.33. The number of ether oxygens (including phenoxy) is 2. The van der Waals surface area contributed by atoms with Gasteiger partial charge in [0.15, 0.2) is 6.29 Å². The molecule has 6 heteroatoms. The van der Waals surface area contributed by atoms with E-state index in [-0.39, 0.29) is 18.8 Å². The summed E-state index contributed by atoms with van der Waals surface area (Å²) >= 11 is 0. The summed E-state index contributed by atoms with van der Waals surface area (Å²) in [6.45, 7) is 6.60. The van der Waals surface area contributed by atoms with Crippen molar-refractivity contribution >= 4 is 0 Å². The van der Waals surface area contributed by atoms with E-state index in [4.69, 9.17) is 15.2 Å². The molecule has 2 heterocycles. The van der Waals surface area contributed by atoms with Gasteiger partial charge >= 0.3 is 0 Å². The number of hydrogen-bond donors (Lipinski definition) is 2. The Hall–Kier alpha value is -3.36. The third-order valence-electron chi connectivity index (χ3n) is 8.52. The summed E-state index contributed by atoms with van der Waals surface area (Å²) in [6, 6.07) is 35.6. The lowest BCUT2D eigenvalue weighted by Gasteiger charge is -2.40. The van der Waals surface area contributed by atoms with Crippen molar-refractivity contribution in [3.63, 3.8) is 0 Å². The second-order valence-electron chi connectivity index (χ2n) is 11.4. The predicted molar refractivity (Wildman–Crippen MR) is 166 cm³/mol. The van der Waals surface area contributed by atoms with Crippen LogP contribution in [0.4, 0.5) is 0 Å². The van der Waals surface area contributed by atoms with E-state index >= 15 is 0 Å². The maximum Gasteiger partial charge on any atom is 0.184 e. The number of aliphatic hydroxyl groups is 1. The highest BCUT2D eigenvalue weighted by molar-refractivity contribution is 5.67. The molecule has 6 rings (SSSR count). The average Bonchev–Trinajstić information content (AvgIpc) is 3.06. The highest BCUT2D eigenvalue weighted by atomic mass is 16.7. The number of rotatable bonds is 9. The van der Waals surface area contributed by atoms with Crippen LogP contribution in [0.3, 0.4) is 0 Å². The Bertz CT molecular complexity index is 1400. The van der Waals surface area contributed by atoms with Gasteiger partial charge < -0.3 is 20.3 Å². The van der Waals surface area contributed by atoms with Crippen molar-refractivity contribution in [2.75, 3.05) is 32.7 Å². The first-order valence-electron chi connectivity index (χ1n) is 15.1. The average molecular weight is 564 g/mol. The van der Waals surface area contributed by atoms with Gasteiger partial charge in [-0.1, -0.05) is 103 Å². The van der Waals surface area contributed by atoms with Crippen molar-refractivity contribution < 1.29 is 14.6 Å². The Morgan fingerprint density at radius 1 is 0.690 bits per heavy atom. The number of aliphatic hydroxyl groups excluding tert-OH is 1. The van der Waals surface area contributed by atoms with E-state index < -0.39 is 6.29 Å². The van der Waals surface area contributed by atoms with E-state index in [0.29, 0.717) is 6.54 Å². The molecule has 2 aliphatic rings. The number of benzene rings is 4. The van der Waals surface area contributed by atoms with Gasteiger partial charge in [-0.2, -0.15) is 0 Å². The third-order valence-corrected chi connectivity index (χ3v) is 8.52. The quantitative estimate of drug-likeness (QED) is 0.274. The lowest BCUT2D eigenvalue weighted by Crippen LogP contribution is -2.49. The first-order valence-corrected chi connectivity index (χ1v) is 15.1. The third kappa shape index (κ3) is 6.98. The maximum atomic E-state index is 9.53. The molecule has 0 spiro atoms. The Morgan fingerprint density at radius 3 is 2.07 bits per heavy atom. The highest BCUT2D eigenvalue weighted by Crippen LogP contribution is 2.39. The number of hydrogen-bond acceptors (Lipinski definition) is 6. The van der Waals surface area contributed by atoms with Gasteiger partial charge in [0.25, 0.3) is 0 Å².